The first-order valence-electron chi connectivity index (χ1n) is 3.46. The van der Waals surface area contributed by atoms with E-state index in [-0.39, 0.29) is 6.61 Å². The summed E-state index contributed by atoms with van der Waals surface area (Å²) in [5.41, 5.74) is 0.424. The molecule has 1 nitrogen and oxygen atoms in total. The lowest BCUT2D eigenvalue weighted by Crippen LogP contribution is -1.80. The van der Waals surface area contributed by atoms with Gasteiger partial charge in [0.15, 0.2) is 0 Å². The number of hydrogen-bond acceptors (Lipinski definition) is 1. The number of aliphatic hydroxyl groups is 1. The van der Waals surface area contributed by atoms with Gasteiger partial charge in [0.05, 0.1) is 6.61 Å². The van der Waals surface area contributed by atoms with Gasteiger partial charge >= 0.3 is 0 Å². The van der Waals surface area contributed by atoms with E-state index >= 15 is 0 Å². The fourth-order valence-electron chi connectivity index (χ4n) is 0.807. The van der Waals surface area contributed by atoms with E-state index < -0.39 is 5.83 Å². The van der Waals surface area contributed by atoms with E-state index in [9.17, 15) is 4.39 Å². The first-order valence-corrected chi connectivity index (χ1v) is 3.84. The fourth-order valence-corrected chi connectivity index (χ4v) is 0.933. The highest BCUT2D eigenvalue weighted by Crippen LogP contribution is 2.17. The van der Waals surface area contributed by atoms with Gasteiger partial charge in [-0.1, -0.05) is 23.7 Å². The summed E-state index contributed by atoms with van der Waals surface area (Å²) in [7, 11) is 0. The van der Waals surface area contributed by atoms with E-state index in [0.717, 1.165) is 6.08 Å². The van der Waals surface area contributed by atoms with E-state index in [0.29, 0.717) is 10.6 Å². The predicted molar refractivity (Wildman–Crippen MR) is 47.6 cm³/mol. The molecule has 0 aliphatic heterocycles. The minimum Gasteiger partial charge on any atom is -0.392 e. The first-order chi connectivity index (χ1) is 5.74. The maximum atomic E-state index is 12.9. The average molecular weight is 187 g/mol. The van der Waals surface area contributed by atoms with Crippen molar-refractivity contribution in [1.82, 2.24) is 0 Å². The van der Waals surface area contributed by atoms with Crippen molar-refractivity contribution in [3.8, 4) is 0 Å². The lowest BCUT2D eigenvalue weighted by Gasteiger charge is -1.96. The normalized spacial score (nSPS) is 11.8. The van der Waals surface area contributed by atoms with Crippen LogP contribution in [0.4, 0.5) is 4.39 Å². The summed E-state index contributed by atoms with van der Waals surface area (Å²) in [5, 5.41) is 8.98. The average Bonchev–Trinajstić information content (AvgIpc) is 2.06. The van der Waals surface area contributed by atoms with Gasteiger partial charge in [-0.3, -0.25) is 0 Å². The molecule has 0 saturated heterocycles. The zero-order valence-electron chi connectivity index (χ0n) is 6.30. The van der Waals surface area contributed by atoms with Crippen LogP contribution in [0.25, 0.3) is 5.83 Å². The third kappa shape index (κ3) is 2.32. The Bertz CT molecular complexity index is 279. The van der Waals surface area contributed by atoms with Gasteiger partial charge in [-0.25, -0.2) is 4.39 Å². The maximum Gasteiger partial charge on any atom is 0.128 e. The summed E-state index contributed by atoms with van der Waals surface area (Å²) >= 11 is 5.60. The van der Waals surface area contributed by atoms with Crippen LogP contribution >= 0.6 is 11.6 Å². The highest BCUT2D eigenvalue weighted by atomic mass is 35.5. The standard InChI is InChI=1S/C9H8ClFO/c10-8-3-1-7(2-4-8)9(11)5-6-12/h1-5,12H,6H2/b9-5-. The zero-order valence-corrected chi connectivity index (χ0v) is 7.05. The van der Waals surface area contributed by atoms with Crippen molar-refractivity contribution in [3.05, 3.63) is 40.9 Å². The Morgan fingerprint density at radius 2 is 2.00 bits per heavy atom. The number of rotatable bonds is 2. The van der Waals surface area contributed by atoms with E-state index in [1.165, 1.54) is 0 Å². The molecule has 0 unspecified atom stereocenters. The second-order valence-corrected chi connectivity index (χ2v) is 2.68. The van der Waals surface area contributed by atoms with E-state index in [4.69, 9.17) is 16.7 Å². The highest BCUT2D eigenvalue weighted by Gasteiger charge is 1.97. The SMILES string of the molecule is OC/C=C(\F)c1ccc(Cl)cc1. The summed E-state index contributed by atoms with van der Waals surface area (Å²) < 4.78 is 12.9. The molecule has 0 heterocycles. The lowest BCUT2D eigenvalue weighted by atomic mass is 10.2. The second-order valence-electron chi connectivity index (χ2n) is 2.24. The Morgan fingerprint density at radius 3 is 2.50 bits per heavy atom. The van der Waals surface area contributed by atoms with Crippen LogP contribution in [0, 0.1) is 0 Å². The smallest absolute Gasteiger partial charge is 0.128 e. The molecule has 0 aromatic heterocycles. The number of benzene rings is 1. The molecule has 3 heteroatoms. The second kappa shape index (κ2) is 4.24. The number of hydrogen-bond donors (Lipinski definition) is 1. The van der Waals surface area contributed by atoms with Crippen molar-refractivity contribution in [2.45, 2.75) is 0 Å². The summed E-state index contributed by atoms with van der Waals surface area (Å²) in [4.78, 5) is 0. The summed E-state index contributed by atoms with van der Waals surface area (Å²) in [6.07, 6.45) is 1.10. The van der Waals surface area contributed by atoms with E-state index in [2.05, 4.69) is 0 Å². The number of halogens is 2. The van der Waals surface area contributed by atoms with Crippen molar-refractivity contribution in [1.29, 1.82) is 0 Å². The predicted octanol–water partition coefficient (Wildman–Crippen LogP) is 2.64. The molecule has 0 aliphatic rings. The fraction of sp³-hybridized carbons (Fsp3) is 0.111. The molecule has 0 atom stereocenters. The molecular formula is C9H8ClFO. The molecule has 1 aromatic rings. The molecule has 12 heavy (non-hydrogen) atoms. The van der Waals surface area contributed by atoms with Gasteiger partial charge < -0.3 is 5.11 Å². The minimum absolute atomic E-state index is 0.297. The van der Waals surface area contributed by atoms with Crippen molar-refractivity contribution >= 4 is 17.4 Å². The number of aliphatic hydroxyl groups excluding tert-OH is 1. The molecule has 0 spiro atoms. The topological polar surface area (TPSA) is 20.2 Å². The molecular weight excluding hydrogens is 179 g/mol. The Kier molecular flexibility index (Phi) is 3.26. The molecule has 0 bridgehead atoms. The molecule has 64 valence electrons. The van der Waals surface area contributed by atoms with Gasteiger partial charge in [0, 0.05) is 10.6 Å². The quantitative estimate of drug-likeness (QED) is 0.753. The van der Waals surface area contributed by atoms with Crippen molar-refractivity contribution in [2.75, 3.05) is 6.61 Å². The van der Waals surface area contributed by atoms with Crippen LogP contribution in [-0.4, -0.2) is 11.7 Å². The van der Waals surface area contributed by atoms with Crippen LogP contribution in [0.3, 0.4) is 0 Å². The van der Waals surface area contributed by atoms with Gasteiger partial charge in [0.25, 0.3) is 0 Å². The molecule has 1 rings (SSSR count). The molecule has 0 amide bonds. The summed E-state index contributed by atoms with van der Waals surface area (Å²) in [5.74, 6) is -0.436. The minimum atomic E-state index is -0.436. The van der Waals surface area contributed by atoms with Crippen molar-refractivity contribution < 1.29 is 9.50 Å². The Balaban J connectivity index is 2.89. The van der Waals surface area contributed by atoms with Crippen LogP contribution in [0.2, 0.25) is 5.02 Å². The first kappa shape index (κ1) is 9.23. The van der Waals surface area contributed by atoms with Crippen molar-refractivity contribution in [2.24, 2.45) is 0 Å². The summed E-state index contributed by atoms with van der Waals surface area (Å²) in [6.45, 7) is -0.297. The van der Waals surface area contributed by atoms with Gasteiger partial charge in [-0.15, -0.1) is 0 Å². The van der Waals surface area contributed by atoms with Gasteiger partial charge in [-0.2, -0.15) is 0 Å². The van der Waals surface area contributed by atoms with Crippen LogP contribution in [0.15, 0.2) is 30.3 Å². The maximum absolute atomic E-state index is 12.9. The lowest BCUT2D eigenvalue weighted by molar-refractivity contribution is 0.342. The van der Waals surface area contributed by atoms with Crippen LogP contribution < -0.4 is 0 Å². The van der Waals surface area contributed by atoms with Crippen molar-refractivity contribution in [3.63, 3.8) is 0 Å². The third-order valence-electron chi connectivity index (χ3n) is 1.39. The van der Waals surface area contributed by atoms with E-state index in [1.807, 2.05) is 0 Å². The largest absolute Gasteiger partial charge is 0.392 e. The van der Waals surface area contributed by atoms with Crippen LogP contribution in [0.5, 0.6) is 0 Å². The molecule has 0 aliphatic carbocycles. The van der Waals surface area contributed by atoms with Gasteiger partial charge in [-0.05, 0) is 18.2 Å². The summed E-state index contributed by atoms with van der Waals surface area (Å²) in [6, 6.07) is 6.32. The van der Waals surface area contributed by atoms with E-state index in [1.54, 1.807) is 24.3 Å². The Labute approximate surface area is 75.1 Å². The van der Waals surface area contributed by atoms with Crippen LogP contribution in [0.1, 0.15) is 5.56 Å². The Morgan fingerprint density at radius 1 is 1.42 bits per heavy atom. The van der Waals surface area contributed by atoms with Gasteiger partial charge in [0.1, 0.15) is 5.83 Å². The monoisotopic (exact) mass is 186 g/mol. The molecule has 0 fully saturated rings. The molecule has 1 N–H and O–H groups in total. The molecule has 1 aromatic carbocycles. The molecule has 0 radical (unpaired) electrons. The van der Waals surface area contributed by atoms with Gasteiger partial charge in [0.2, 0.25) is 0 Å². The Hall–Kier alpha value is -0.860. The van der Waals surface area contributed by atoms with Crippen LogP contribution in [-0.2, 0) is 0 Å². The third-order valence-corrected chi connectivity index (χ3v) is 1.64. The highest BCUT2D eigenvalue weighted by molar-refractivity contribution is 6.30. The molecule has 0 saturated carbocycles. The zero-order chi connectivity index (χ0) is 8.97.